The molecule has 8 aliphatic carbocycles. The molecule has 0 amide bonds. The van der Waals surface area contributed by atoms with E-state index in [1.807, 2.05) is 6.92 Å². The van der Waals surface area contributed by atoms with Crippen LogP contribution in [0.1, 0.15) is 153 Å². The second-order valence-corrected chi connectivity index (χ2v) is 20.6. The molecule has 0 bridgehead atoms. The average molecular weight is 741 g/mol. The highest BCUT2D eigenvalue weighted by molar-refractivity contribution is 5.67. The highest BCUT2D eigenvalue weighted by atomic mass is 16.5. The first kappa shape index (κ1) is 39.8. The van der Waals surface area contributed by atoms with E-state index in [1.165, 1.54) is 75.9 Å². The van der Waals surface area contributed by atoms with E-state index in [-0.39, 0.29) is 46.3 Å². The van der Waals surface area contributed by atoms with Crippen molar-refractivity contribution in [3.63, 3.8) is 0 Å². The molecule has 5 heteroatoms. The Kier molecular flexibility index (Phi) is 10.7. The minimum absolute atomic E-state index is 0.0469. The van der Waals surface area contributed by atoms with Crippen molar-refractivity contribution in [3.8, 4) is 0 Å². The van der Waals surface area contributed by atoms with Gasteiger partial charge in [0.2, 0.25) is 0 Å². The predicted molar refractivity (Wildman–Crippen MR) is 216 cm³/mol. The highest BCUT2D eigenvalue weighted by Gasteiger charge is 2.63. The molecular formula is C49H72O5. The first-order chi connectivity index (χ1) is 25.5. The lowest BCUT2D eigenvalue weighted by molar-refractivity contribution is -0.168. The molecule has 8 aliphatic rings. The maximum atomic E-state index is 12.0. The van der Waals surface area contributed by atoms with Crippen LogP contribution in [0.3, 0.4) is 0 Å². The van der Waals surface area contributed by atoms with Crippen LogP contribution in [0, 0.1) is 74.9 Å². The Bertz CT molecular complexity index is 1630. The van der Waals surface area contributed by atoms with Gasteiger partial charge in [0, 0.05) is 30.6 Å². The summed E-state index contributed by atoms with van der Waals surface area (Å²) in [5.74, 6) is 4.94. The third kappa shape index (κ3) is 6.18. The molecule has 0 radical (unpaired) electrons. The molecule has 0 spiro atoms. The van der Waals surface area contributed by atoms with E-state index in [0.717, 1.165) is 49.7 Å². The summed E-state index contributed by atoms with van der Waals surface area (Å²) in [6, 6.07) is 0. The smallest absolute Gasteiger partial charge is 0.302 e. The monoisotopic (exact) mass is 741 g/mol. The fourth-order valence-corrected chi connectivity index (χ4v) is 15.0. The van der Waals surface area contributed by atoms with Gasteiger partial charge in [0.1, 0.15) is 18.5 Å². The lowest BCUT2D eigenvalue weighted by atomic mass is 9.46. The summed E-state index contributed by atoms with van der Waals surface area (Å²) in [5, 5.41) is 0. The van der Waals surface area contributed by atoms with Crippen LogP contribution in [0.25, 0.3) is 0 Å². The van der Waals surface area contributed by atoms with Crippen molar-refractivity contribution in [3.05, 3.63) is 46.6 Å². The number of carbonyl (C=O) groups excluding carboxylic acids is 3. The molecule has 0 saturated heterocycles. The minimum Gasteiger partial charge on any atom is -0.462 e. The number of hydrogen-bond donors (Lipinski definition) is 0. The van der Waals surface area contributed by atoms with Crippen molar-refractivity contribution in [2.24, 2.45) is 74.9 Å². The second kappa shape index (κ2) is 14.5. The number of allylic oxidation sites excluding steroid dienone is 6. The van der Waals surface area contributed by atoms with Gasteiger partial charge in [-0.05, 0) is 149 Å². The van der Waals surface area contributed by atoms with Gasteiger partial charge in [-0.3, -0.25) is 9.59 Å². The van der Waals surface area contributed by atoms with Crippen LogP contribution in [0.5, 0.6) is 0 Å². The Morgan fingerprint density at radius 1 is 0.722 bits per heavy atom. The zero-order chi connectivity index (χ0) is 39.0. The summed E-state index contributed by atoms with van der Waals surface area (Å²) >= 11 is 0. The summed E-state index contributed by atoms with van der Waals surface area (Å²) in [4.78, 5) is 35.6. The first-order valence-electron chi connectivity index (χ1n) is 22.1. The van der Waals surface area contributed by atoms with Crippen LogP contribution >= 0.6 is 0 Å². The van der Waals surface area contributed by atoms with Gasteiger partial charge in [-0.25, -0.2) is 0 Å². The summed E-state index contributed by atoms with van der Waals surface area (Å²) in [6.07, 6.45) is 26.3. The van der Waals surface area contributed by atoms with Crippen LogP contribution < -0.4 is 0 Å². The van der Waals surface area contributed by atoms with Crippen LogP contribution in [0.4, 0.5) is 0 Å². The van der Waals surface area contributed by atoms with Crippen LogP contribution in [-0.2, 0) is 23.9 Å². The largest absolute Gasteiger partial charge is 0.462 e. The fourth-order valence-electron chi connectivity index (χ4n) is 15.0. The van der Waals surface area contributed by atoms with E-state index in [2.05, 4.69) is 72.8 Å². The van der Waals surface area contributed by atoms with E-state index in [0.29, 0.717) is 35.0 Å². The van der Waals surface area contributed by atoms with Crippen LogP contribution in [-0.4, -0.2) is 30.4 Å². The Balaban J connectivity index is 0.000000167. The number of ether oxygens (including phenoxy) is 2. The van der Waals surface area contributed by atoms with Crippen LogP contribution in [0.2, 0.25) is 0 Å². The van der Waals surface area contributed by atoms with E-state index >= 15 is 0 Å². The molecule has 0 heterocycles. The van der Waals surface area contributed by atoms with Gasteiger partial charge in [-0.15, -0.1) is 0 Å². The zero-order valence-electron chi connectivity index (χ0n) is 35.5. The van der Waals surface area contributed by atoms with Gasteiger partial charge in [-0.1, -0.05) is 95.1 Å². The Morgan fingerprint density at radius 2 is 1.22 bits per heavy atom. The van der Waals surface area contributed by atoms with Crippen LogP contribution in [0.15, 0.2) is 46.6 Å². The van der Waals surface area contributed by atoms with Gasteiger partial charge in [0.05, 0.1) is 0 Å². The highest BCUT2D eigenvalue weighted by Crippen LogP contribution is 2.68. The number of rotatable bonds is 4. The molecular weight excluding hydrogens is 669 g/mol. The average Bonchev–Trinajstić information content (AvgIpc) is 3.67. The second-order valence-electron chi connectivity index (χ2n) is 20.6. The number of esters is 2. The molecule has 0 aromatic rings. The molecule has 8 rings (SSSR count). The van der Waals surface area contributed by atoms with E-state index in [9.17, 15) is 14.4 Å². The molecule has 5 fully saturated rings. The Morgan fingerprint density at radius 3 is 1.70 bits per heavy atom. The lowest BCUT2D eigenvalue weighted by Crippen LogP contribution is -2.56. The van der Waals surface area contributed by atoms with Crippen molar-refractivity contribution in [2.75, 3.05) is 0 Å². The van der Waals surface area contributed by atoms with Gasteiger partial charge >= 0.3 is 11.9 Å². The van der Waals surface area contributed by atoms with Gasteiger partial charge in [-0.2, -0.15) is 0 Å². The van der Waals surface area contributed by atoms with Crippen molar-refractivity contribution >= 4 is 18.2 Å². The minimum atomic E-state index is -0.211. The summed E-state index contributed by atoms with van der Waals surface area (Å²) in [6.45, 7) is 21.7. The summed E-state index contributed by atoms with van der Waals surface area (Å²) < 4.78 is 12.0. The molecule has 0 aromatic carbocycles. The van der Waals surface area contributed by atoms with Crippen molar-refractivity contribution in [2.45, 2.75) is 165 Å². The molecule has 15 atom stereocenters. The molecule has 0 N–H and O–H groups in total. The number of carbonyl (C=O) groups is 3. The standard InChI is InChI=1S/C25H36O3.C24H36O2/c1-15-10-11-24(4)18(12-15)6-7-19-21-9-8-20(16(2)14-26)25(21,5)23(13-22(19)24)28-17(3)27;1-6-17-8-10-20-19-9-7-18-13-15(2)11-12-23(18,4)21(19)14-22(24(17,20)5)26-16(3)25/h6,8,14-16,19,21-23H,7,9-13H2,1-5H3;6-7,15,19-22H,8-14H2,1-5H3/b;17-6-/t15-,16+,19-,21-,22-,23+,24-,25+;15-,19-,20-,21-,22+,23-,24+/m00/s1. The number of aldehydes is 1. The maximum absolute atomic E-state index is 12.0. The fraction of sp³-hybridized carbons (Fsp3) is 0.776. The lowest BCUT2D eigenvalue weighted by Gasteiger charge is -2.60. The molecule has 0 unspecified atom stereocenters. The normalized spacial score (nSPS) is 47.3. The van der Waals surface area contributed by atoms with E-state index in [4.69, 9.17) is 9.47 Å². The van der Waals surface area contributed by atoms with E-state index < -0.39 is 0 Å². The third-order valence-corrected chi connectivity index (χ3v) is 18.0. The first-order valence-corrected chi connectivity index (χ1v) is 22.1. The van der Waals surface area contributed by atoms with Crippen molar-refractivity contribution in [1.82, 2.24) is 0 Å². The van der Waals surface area contributed by atoms with Crippen molar-refractivity contribution < 1.29 is 23.9 Å². The quantitative estimate of drug-likeness (QED) is 0.163. The van der Waals surface area contributed by atoms with Gasteiger partial charge < -0.3 is 14.3 Å². The van der Waals surface area contributed by atoms with Crippen molar-refractivity contribution in [1.29, 1.82) is 0 Å². The van der Waals surface area contributed by atoms with Gasteiger partial charge in [0.15, 0.2) is 0 Å². The zero-order valence-corrected chi connectivity index (χ0v) is 35.5. The topological polar surface area (TPSA) is 69.7 Å². The maximum Gasteiger partial charge on any atom is 0.302 e. The van der Waals surface area contributed by atoms with Gasteiger partial charge in [0.25, 0.3) is 0 Å². The number of hydrogen-bond acceptors (Lipinski definition) is 5. The molecule has 54 heavy (non-hydrogen) atoms. The molecule has 0 aliphatic heterocycles. The summed E-state index contributed by atoms with van der Waals surface area (Å²) in [5.41, 5.74) is 6.51. The summed E-state index contributed by atoms with van der Waals surface area (Å²) in [7, 11) is 0. The molecule has 5 saturated carbocycles. The Hall–Kier alpha value is -2.43. The molecule has 5 nitrogen and oxygen atoms in total. The van der Waals surface area contributed by atoms with E-state index in [1.54, 1.807) is 18.1 Å². The molecule has 298 valence electrons. The Labute approximate surface area is 327 Å². The SMILES string of the molecule is C/C=C1/CC[C@H]2[C@@H]3CC=C4C[C@@H](C)CC[C@]4(C)[C@H]3C[C@@H](OC(C)=O)[C@]12C.CC(=O)O[C@@H]1C[C@H]2[C@@H](CC=C3C[C@@H](C)CC[C@@]32C)[C@@H]2CC=C([C@H](C)C=O)[C@@]12C. The molecule has 0 aromatic heterocycles. The number of fused-ring (bicyclic) bond motifs is 10. The predicted octanol–water partition coefficient (Wildman–Crippen LogP) is 11.6. The third-order valence-electron chi connectivity index (χ3n) is 18.0.